The molecule has 1 saturated heterocycles. The Labute approximate surface area is 139 Å². The Morgan fingerprint density at radius 3 is 2.09 bits per heavy atom. The summed E-state index contributed by atoms with van der Waals surface area (Å²) >= 11 is 0. The lowest BCUT2D eigenvalue weighted by molar-refractivity contribution is -0.133. The number of rotatable bonds is 6. The van der Waals surface area contributed by atoms with E-state index in [1.807, 2.05) is 9.80 Å². The summed E-state index contributed by atoms with van der Waals surface area (Å²) in [5.41, 5.74) is 0. The molecular formula is C18H31N3O2. The standard InChI is InChI=1S/C18H31N3O2/c22-17(12-15-4-1-2-5-15)20-8-3-9-21(11-10-20)18(23)14-19-13-16-6-7-16/h15-16,19H,1-14H2. The number of hydrogen-bond acceptors (Lipinski definition) is 3. The van der Waals surface area contributed by atoms with Gasteiger partial charge in [0.1, 0.15) is 0 Å². The molecule has 0 aromatic heterocycles. The van der Waals surface area contributed by atoms with Crippen molar-refractivity contribution in [2.75, 3.05) is 39.3 Å². The van der Waals surface area contributed by atoms with Gasteiger partial charge in [0.15, 0.2) is 0 Å². The van der Waals surface area contributed by atoms with Crippen LogP contribution in [0.15, 0.2) is 0 Å². The number of hydrogen-bond donors (Lipinski definition) is 1. The second-order valence-electron chi connectivity index (χ2n) is 7.54. The summed E-state index contributed by atoms with van der Waals surface area (Å²) in [7, 11) is 0. The maximum Gasteiger partial charge on any atom is 0.236 e. The Balaban J connectivity index is 1.38. The van der Waals surface area contributed by atoms with E-state index in [9.17, 15) is 9.59 Å². The second-order valence-corrected chi connectivity index (χ2v) is 7.54. The van der Waals surface area contributed by atoms with Crippen molar-refractivity contribution >= 4 is 11.8 Å². The van der Waals surface area contributed by atoms with Crippen LogP contribution in [0.1, 0.15) is 51.4 Å². The van der Waals surface area contributed by atoms with Crippen LogP contribution in [0.5, 0.6) is 0 Å². The van der Waals surface area contributed by atoms with Gasteiger partial charge in [-0.15, -0.1) is 0 Å². The molecule has 0 atom stereocenters. The smallest absolute Gasteiger partial charge is 0.236 e. The lowest BCUT2D eigenvalue weighted by Gasteiger charge is -2.23. The minimum atomic E-state index is 0.191. The molecular weight excluding hydrogens is 290 g/mol. The molecule has 1 N–H and O–H groups in total. The van der Waals surface area contributed by atoms with Crippen molar-refractivity contribution in [3.05, 3.63) is 0 Å². The van der Waals surface area contributed by atoms with E-state index in [4.69, 9.17) is 0 Å². The van der Waals surface area contributed by atoms with E-state index in [1.54, 1.807) is 0 Å². The highest BCUT2D eigenvalue weighted by Gasteiger charge is 2.25. The quantitative estimate of drug-likeness (QED) is 0.809. The molecule has 0 spiro atoms. The summed E-state index contributed by atoms with van der Waals surface area (Å²) in [6, 6.07) is 0. The highest BCUT2D eigenvalue weighted by molar-refractivity contribution is 5.79. The molecule has 0 unspecified atom stereocenters. The van der Waals surface area contributed by atoms with Crippen molar-refractivity contribution < 1.29 is 9.59 Å². The minimum absolute atomic E-state index is 0.191. The predicted molar refractivity (Wildman–Crippen MR) is 89.9 cm³/mol. The number of carbonyl (C=O) groups excluding carboxylic acids is 2. The largest absolute Gasteiger partial charge is 0.341 e. The molecule has 1 heterocycles. The highest BCUT2D eigenvalue weighted by atomic mass is 16.2. The molecule has 2 aliphatic carbocycles. The fourth-order valence-electron chi connectivity index (χ4n) is 3.82. The van der Waals surface area contributed by atoms with E-state index in [0.717, 1.165) is 38.4 Å². The van der Waals surface area contributed by atoms with Gasteiger partial charge in [-0.2, -0.15) is 0 Å². The molecule has 0 aromatic carbocycles. The van der Waals surface area contributed by atoms with Gasteiger partial charge in [0.25, 0.3) is 0 Å². The first-order valence-electron chi connectivity index (χ1n) is 9.48. The molecule has 1 aliphatic heterocycles. The maximum atomic E-state index is 12.4. The average Bonchev–Trinajstić information content (AvgIpc) is 3.28. The van der Waals surface area contributed by atoms with Gasteiger partial charge in [-0.1, -0.05) is 12.8 Å². The van der Waals surface area contributed by atoms with Gasteiger partial charge in [-0.05, 0) is 50.5 Å². The molecule has 3 fully saturated rings. The Morgan fingerprint density at radius 1 is 0.783 bits per heavy atom. The maximum absolute atomic E-state index is 12.4. The number of nitrogens with one attached hydrogen (secondary N) is 1. The molecule has 0 aromatic rings. The number of amides is 2. The minimum Gasteiger partial charge on any atom is -0.341 e. The monoisotopic (exact) mass is 321 g/mol. The molecule has 0 radical (unpaired) electrons. The zero-order chi connectivity index (χ0) is 16.1. The topological polar surface area (TPSA) is 52.7 Å². The van der Waals surface area contributed by atoms with E-state index in [1.165, 1.54) is 38.5 Å². The third-order valence-electron chi connectivity index (χ3n) is 5.55. The molecule has 23 heavy (non-hydrogen) atoms. The van der Waals surface area contributed by atoms with Gasteiger partial charge in [0.2, 0.25) is 11.8 Å². The Kier molecular flexibility index (Phi) is 5.92. The van der Waals surface area contributed by atoms with Crippen LogP contribution in [0.25, 0.3) is 0 Å². The van der Waals surface area contributed by atoms with Crippen molar-refractivity contribution in [2.24, 2.45) is 11.8 Å². The number of nitrogens with zero attached hydrogens (tertiary/aromatic N) is 2. The van der Waals surface area contributed by atoms with E-state index in [0.29, 0.717) is 31.5 Å². The first-order chi connectivity index (χ1) is 11.2. The number of carbonyl (C=O) groups is 2. The summed E-state index contributed by atoms with van der Waals surface area (Å²) in [6.45, 7) is 4.43. The zero-order valence-electron chi connectivity index (χ0n) is 14.3. The fraction of sp³-hybridized carbons (Fsp3) is 0.889. The van der Waals surface area contributed by atoms with Gasteiger partial charge < -0.3 is 15.1 Å². The summed E-state index contributed by atoms with van der Waals surface area (Å²) in [4.78, 5) is 28.6. The van der Waals surface area contributed by atoms with Gasteiger partial charge in [-0.25, -0.2) is 0 Å². The molecule has 0 bridgehead atoms. The van der Waals surface area contributed by atoms with Crippen LogP contribution in [0.2, 0.25) is 0 Å². The summed E-state index contributed by atoms with van der Waals surface area (Å²) in [6.07, 6.45) is 9.25. The Morgan fingerprint density at radius 2 is 1.43 bits per heavy atom. The normalized spacial score (nSPS) is 23.1. The van der Waals surface area contributed by atoms with Crippen LogP contribution in [-0.4, -0.2) is 60.9 Å². The van der Waals surface area contributed by atoms with Crippen LogP contribution in [0, 0.1) is 11.8 Å². The third kappa shape index (κ3) is 5.20. The predicted octanol–water partition coefficient (Wildman–Crippen LogP) is 1.63. The summed E-state index contributed by atoms with van der Waals surface area (Å²) in [5.74, 6) is 1.90. The van der Waals surface area contributed by atoms with Crippen LogP contribution in [0.3, 0.4) is 0 Å². The van der Waals surface area contributed by atoms with E-state index in [2.05, 4.69) is 5.32 Å². The van der Waals surface area contributed by atoms with Crippen molar-refractivity contribution in [3.63, 3.8) is 0 Å². The Hall–Kier alpha value is -1.10. The second kappa shape index (κ2) is 8.13. The van der Waals surface area contributed by atoms with Crippen molar-refractivity contribution in [2.45, 2.75) is 51.4 Å². The van der Waals surface area contributed by atoms with E-state index >= 15 is 0 Å². The molecule has 5 heteroatoms. The fourth-order valence-corrected chi connectivity index (χ4v) is 3.82. The van der Waals surface area contributed by atoms with Crippen LogP contribution in [0.4, 0.5) is 0 Å². The zero-order valence-corrected chi connectivity index (χ0v) is 14.3. The van der Waals surface area contributed by atoms with Gasteiger partial charge >= 0.3 is 0 Å². The first kappa shape index (κ1) is 16.7. The molecule has 2 amide bonds. The highest BCUT2D eigenvalue weighted by Crippen LogP contribution is 2.28. The average molecular weight is 321 g/mol. The first-order valence-corrected chi connectivity index (χ1v) is 9.48. The summed E-state index contributed by atoms with van der Waals surface area (Å²) < 4.78 is 0. The van der Waals surface area contributed by atoms with Gasteiger partial charge in [-0.3, -0.25) is 9.59 Å². The van der Waals surface area contributed by atoms with Crippen molar-refractivity contribution in [3.8, 4) is 0 Å². The van der Waals surface area contributed by atoms with Gasteiger partial charge in [0.05, 0.1) is 6.54 Å². The Bertz CT molecular complexity index is 416. The molecule has 3 aliphatic rings. The molecule has 130 valence electrons. The van der Waals surface area contributed by atoms with Gasteiger partial charge in [0, 0.05) is 32.6 Å². The van der Waals surface area contributed by atoms with Crippen LogP contribution in [-0.2, 0) is 9.59 Å². The lowest BCUT2D eigenvalue weighted by Crippen LogP contribution is -2.41. The van der Waals surface area contributed by atoms with Crippen molar-refractivity contribution in [1.82, 2.24) is 15.1 Å². The van der Waals surface area contributed by atoms with Crippen LogP contribution < -0.4 is 5.32 Å². The molecule has 3 rings (SSSR count). The lowest BCUT2D eigenvalue weighted by atomic mass is 10.0. The third-order valence-corrected chi connectivity index (χ3v) is 5.55. The molecule has 2 saturated carbocycles. The SMILES string of the molecule is O=C(CNCC1CC1)N1CCCN(C(=O)CC2CCCC2)CC1. The molecule has 5 nitrogen and oxygen atoms in total. The van der Waals surface area contributed by atoms with E-state index in [-0.39, 0.29) is 5.91 Å². The van der Waals surface area contributed by atoms with Crippen molar-refractivity contribution in [1.29, 1.82) is 0 Å². The van der Waals surface area contributed by atoms with Crippen LogP contribution >= 0.6 is 0 Å². The van der Waals surface area contributed by atoms with E-state index < -0.39 is 0 Å². The summed E-state index contributed by atoms with van der Waals surface area (Å²) in [5, 5.41) is 3.28.